The highest BCUT2D eigenvalue weighted by atomic mass is 16.5. The molecule has 1 saturated heterocycles. The monoisotopic (exact) mass is 290 g/mol. The van der Waals surface area contributed by atoms with E-state index >= 15 is 0 Å². The largest absolute Gasteiger partial charge is 0.489 e. The highest BCUT2D eigenvalue weighted by molar-refractivity contribution is 5.99. The number of methoxy groups -OCH3 is 1. The first-order valence-electron chi connectivity index (χ1n) is 7.52. The number of piperidine rings is 1. The maximum Gasteiger partial charge on any atom is 0.257 e. The Morgan fingerprint density at radius 2 is 2.33 bits per heavy atom. The predicted molar refractivity (Wildman–Crippen MR) is 80.9 cm³/mol. The predicted octanol–water partition coefficient (Wildman–Crippen LogP) is 1.99. The molecule has 0 aromatic heterocycles. The molecule has 0 saturated carbocycles. The molecule has 21 heavy (non-hydrogen) atoms. The number of nitrogens with one attached hydrogen (secondary N) is 1. The number of likely N-dealkylation sites (tertiary alicyclic amines) is 1. The van der Waals surface area contributed by atoms with Crippen LogP contribution in [0.25, 0.3) is 0 Å². The van der Waals surface area contributed by atoms with Crippen molar-refractivity contribution in [2.24, 2.45) is 5.92 Å². The van der Waals surface area contributed by atoms with Crippen LogP contribution in [0.1, 0.15) is 23.7 Å². The number of para-hydroxylation sites is 1. The lowest BCUT2D eigenvalue weighted by Crippen LogP contribution is -2.46. The maximum atomic E-state index is 12.8. The third-order valence-corrected chi connectivity index (χ3v) is 4.39. The van der Waals surface area contributed by atoms with Crippen molar-refractivity contribution in [3.63, 3.8) is 0 Å². The summed E-state index contributed by atoms with van der Waals surface area (Å²) in [6, 6.07) is 5.68. The van der Waals surface area contributed by atoms with Gasteiger partial charge < -0.3 is 19.7 Å². The van der Waals surface area contributed by atoms with Crippen LogP contribution in [0.15, 0.2) is 18.2 Å². The molecular formula is C16H22N2O3. The zero-order valence-electron chi connectivity index (χ0n) is 12.6. The molecule has 1 fully saturated rings. The van der Waals surface area contributed by atoms with Gasteiger partial charge in [0, 0.05) is 26.7 Å². The topological polar surface area (TPSA) is 50.8 Å². The number of anilines is 1. The van der Waals surface area contributed by atoms with E-state index in [0.717, 1.165) is 25.2 Å². The highest BCUT2D eigenvalue weighted by Crippen LogP contribution is 2.33. The second kappa shape index (κ2) is 5.93. The van der Waals surface area contributed by atoms with E-state index in [1.54, 1.807) is 7.11 Å². The van der Waals surface area contributed by atoms with E-state index in [1.807, 2.05) is 23.1 Å². The molecule has 0 aliphatic carbocycles. The summed E-state index contributed by atoms with van der Waals surface area (Å²) in [5.41, 5.74) is 1.55. The van der Waals surface area contributed by atoms with Gasteiger partial charge in [0.05, 0.1) is 17.4 Å². The number of hydrogen-bond acceptors (Lipinski definition) is 4. The molecule has 3 rings (SSSR count). The molecule has 2 aliphatic rings. The van der Waals surface area contributed by atoms with Gasteiger partial charge in [-0.1, -0.05) is 13.0 Å². The minimum Gasteiger partial charge on any atom is -0.489 e. The van der Waals surface area contributed by atoms with E-state index < -0.39 is 0 Å². The maximum absolute atomic E-state index is 12.8. The van der Waals surface area contributed by atoms with Crippen LogP contribution in [0.3, 0.4) is 0 Å². The lowest BCUT2D eigenvalue weighted by atomic mass is 9.95. The number of amides is 1. The third-order valence-electron chi connectivity index (χ3n) is 4.39. The number of fused-ring (bicyclic) bond motifs is 1. The second-order valence-corrected chi connectivity index (χ2v) is 5.75. The SMILES string of the molecule is COC1CN(C(=O)c2cccc3c2OCCN3)CCC1C. The van der Waals surface area contributed by atoms with Crippen molar-refractivity contribution in [3.05, 3.63) is 23.8 Å². The summed E-state index contributed by atoms with van der Waals surface area (Å²) in [5, 5.41) is 3.27. The van der Waals surface area contributed by atoms with Crippen molar-refractivity contribution in [2.75, 3.05) is 38.7 Å². The van der Waals surface area contributed by atoms with Crippen LogP contribution in [0, 0.1) is 5.92 Å². The Bertz CT molecular complexity index is 532. The van der Waals surface area contributed by atoms with E-state index in [2.05, 4.69) is 12.2 Å². The van der Waals surface area contributed by atoms with Crippen LogP contribution >= 0.6 is 0 Å². The molecule has 114 valence electrons. The van der Waals surface area contributed by atoms with Crippen molar-refractivity contribution in [1.29, 1.82) is 0 Å². The standard InChI is InChI=1S/C16H22N2O3/c1-11-6-8-18(10-14(11)20-2)16(19)12-4-3-5-13-15(12)21-9-7-17-13/h3-5,11,14,17H,6-10H2,1-2H3. The highest BCUT2D eigenvalue weighted by Gasteiger charge is 2.31. The summed E-state index contributed by atoms with van der Waals surface area (Å²) in [6.45, 7) is 4.96. The van der Waals surface area contributed by atoms with Crippen molar-refractivity contribution >= 4 is 11.6 Å². The average Bonchev–Trinajstić information content (AvgIpc) is 2.54. The summed E-state index contributed by atoms with van der Waals surface area (Å²) in [4.78, 5) is 14.7. The van der Waals surface area contributed by atoms with E-state index in [1.165, 1.54) is 0 Å². The van der Waals surface area contributed by atoms with Gasteiger partial charge in [-0.2, -0.15) is 0 Å². The third kappa shape index (κ3) is 2.70. The molecule has 1 aromatic carbocycles. The molecular weight excluding hydrogens is 268 g/mol. The zero-order valence-corrected chi connectivity index (χ0v) is 12.6. The number of carbonyl (C=O) groups excluding carboxylic acids is 1. The minimum atomic E-state index is 0.0319. The first-order chi connectivity index (χ1) is 10.2. The van der Waals surface area contributed by atoms with E-state index in [9.17, 15) is 4.79 Å². The van der Waals surface area contributed by atoms with Crippen LogP contribution in [0.4, 0.5) is 5.69 Å². The van der Waals surface area contributed by atoms with E-state index in [-0.39, 0.29) is 12.0 Å². The first kappa shape index (κ1) is 14.2. The number of hydrogen-bond donors (Lipinski definition) is 1. The van der Waals surface area contributed by atoms with Crippen molar-refractivity contribution in [1.82, 2.24) is 4.90 Å². The fourth-order valence-electron chi connectivity index (χ4n) is 3.03. The van der Waals surface area contributed by atoms with Crippen molar-refractivity contribution in [3.8, 4) is 5.75 Å². The number of nitrogens with zero attached hydrogens (tertiary/aromatic N) is 1. The quantitative estimate of drug-likeness (QED) is 0.905. The molecule has 0 radical (unpaired) electrons. The molecule has 1 aromatic rings. The number of carbonyl (C=O) groups is 1. The van der Waals surface area contributed by atoms with Gasteiger partial charge in [-0.25, -0.2) is 0 Å². The van der Waals surface area contributed by atoms with Crippen LogP contribution in [-0.2, 0) is 4.74 Å². The molecule has 1 amide bonds. The Morgan fingerprint density at radius 1 is 1.48 bits per heavy atom. The normalized spacial score (nSPS) is 24.8. The molecule has 2 heterocycles. The van der Waals surface area contributed by atoms with Crippen molar-refractivity contribution < 1.29 is 14.3 Å². The zero-order chi connectivity index (χ0) is 14.8. The second-order valence-electron chi connectivity index (χ2n) is 5.75. The van der Waals surface area contributed by atoms with Gasteiger partial charge in [-0.3, -0.25) is 4.79 Å². The molecule has 2 aliphatic heterocycles. The first-order valence-corrected chi connectivity index (χ1v) is 7.52. The summed E-state index contributed by atoms with van der Waals surface area (Å²) in [5.74, 6) is 1.20. The van der Waals surface area contributed by atoms with Gasteiger partial charge in [0.15, 0.2) is 5.75 Å². The smallest absolute Gasteiger partial charge is 0.257 e. The molecule has 0 bridgehead atoms. The number of benzene rings is 1. The molecule has 2 unspecified atom stereocenters. The Labute approximate surface area is 125 Å². The fourth-order valence-corrected chi connectivity index (χ4v) is 3.03. The molecule has 5 heteroatoms. The molecule has 5 nitrogen and oxygen atoms in total. The van der Waals surface area contributed by atoms with Crippen LogP contribution in [0.5, 0.6) is 5.75 Å². The molecule has 0 spiro atoms. The van der Waals surface area contributed by atoms with Gasteiger partial charge in [0.25, 0.3) is 5.91 Å². The number of ether oxygens (including phenoxy) is 2. The van der Waals surface area contributed by atoms with Gasteiger partial charge in [0.2, 0.25) is 0 Å². The Hall–Kier alpha value is -1.75. The molecule has 2 atom stereocenters. The Balaban J connectivity index is 1.82. The van der Waals surface area contributed by atoms with Crippen LogP contribution in [-0.4, -0.2) is 50.3 Å². The van der Waals surface area contributed by atoms with Gasteiger partial charge in [0.1, 0.15) is 6.61 Å². The number of rotatable bonds is 2. The summed E-state index contributed by atoms with van der Waals surface area (Å²) < 4.78 is 11.2. The van der Waals surface area contributed by atoms with Gasteiger partial charge in [-0.15, -0.1) is 0 Å². The van der Waals surface area contributed by atoms with E-state index in [4.69, 9.17) is 9.47 Å². The van der Waals surface area contributed by atoms with Crippen LogP contribution < -0.4 is 10.1 Å². The fraction of sp³-hybridized carbons (Fsp3) is 0.562. The average molecular weight is 290 g/mol. The lowest BCUT2D eigenvalue weighted by Gasteiger charge is -2.36. The van der Waals surface area contributed by atoms with Gasteiger partial charge in [-0.05, 0) is 24.5 Å². The minimum absolute atomic E-state index is 0.0319. The molecule has 1 N–H and O–H groups in total. The van der Waals surface area contributed by atoms with Crippen molar-refractivity contribution in [2.45, 2.75) is 19.4 Å². The summed E-state index contributed by atoms with van der Waals surface area (Å²) in [6.07, 6.45) is 1.08. The van der Waals surface area contributed by atoms with Crippen LogP contribution in [0.2, 0.25) is 0 Å². The summed E-state index contributed by atoms with van der Waals surface area (Å²) in [7, 11) is 1.71. The van der Waals surface area contributed by atoms with Gasteiger partial charge >= 0.3 is 0 Å². The summed E-state index contributed by atoms with van der Waals surface area (Å²) >= 11 is 0. The van der Waals surface area contributed by atoms with E-state index in [0.29, 0.717) is 30.4 Å². The Morgan fingerprint density at radius 3 is 3.14 bits per heavy atom. The lowest BCUT2D eigenvalue weighted by molar-refractivity contribution is -0.00168. The Kier molecular flexibility index (Phi) is 4.01.